The first kappa shape index (κ1) is 15.5. The standard InChI is InChI=1S/C19H23N3O/c1-12(2)22(13(3)4)19(23)14-10-17-18(20-11-14)15-8-6-7-9-16(15)21(17)5/h6-13H,1-5H3. The van der Waals surface area contributed by atoms with Gasteiger partial charge in [-0.25, -0.2) is 0 Å². The van der Waals surface area contributed by atoms with E-state index in [1.165, 1.54) is 0 Å². The van der Waals surface area contributed by atoms with Crippen LogP contribution in [0.3, 0.4) is 0 Å². The first-order valence-corrected chi connectivity index (χ1v) is 8.07. The van der Waals surface area contributed by atoms with Gasteiger partial charge in [0.05, 0.1) is 22.1 Å². The van der Waals surface area contributed by atoms with Gasteiger partial charge < -0.3 is 9.47 Å². The van der Waals surface area contributed by atoms with Crippen LogP contribution >= 0.6 is 0 Å². The second-order valence-electron chi connectivity index (χ2n) is 6.57. The molecular formula is C19H23N3O. The summed E-state index contributed by atoms with van der Waals surface area (Å²) in [7, 11) is 2.02. The minimum Gasteiger partial charge on any atom is -0.342 e. The zero-order valence-corrected chi connectivity index (χ0v) is 14.4. The van der Waals surface area contributed by atoms with Gasteiger partial charge in [0.1, 0.15) is 0 Å². The fourth-order valence-electron chi connectivity index (χ4n) is 3.34. The highest BCUT2D eigenvalue weighted by Gasteiger charge is 2.22. The zero-order valence-electron chi connectivity index (χ0n) is 14.4. The highest BCUT2D eigenvalue weighted by atomic mass is 16.2. The van der Waals surface area contributed by atoms with Crippen LogP contribution in [-0.2, 0) is 7.05 Å². The quantitative estimate of drug-likeness (QED) is 0.734. The number of carbonyl (C=O) groups is 1. The molecule has 3 rings (SSSR count). The number of pyridine rings is 1. The smallest absolute Gasteiger partial charge is 0.255 e. The number of carbonyl (C=O) groups excluding carboxylic acids is 1. The second kappa shape index (κ2) is 5.69. The summed E-state index contributed by atoms with van der Waals surface area (Å²) < 4.78 is 2.10. The average Bonchev–Trinajstić information content (AvgIpc) is 2.80. The Balaban J connectivity index is 2.15. The molecule has 2 aromatic heterocycles. The predicted molar refractivity (Wildman–Crippen MR) is 94.7 cm³/mol. The minimum atomic E-state index is 0.0367. The number of hydrogen-bond donors (Lipinski definition) is 0. The molecule has 0 aliphatic rings. The molecule has 0 bridgehead atoms. The molecule has 120 valence electrons. The van der Waals surface area contributed by atoms with E-state index in [0.29, 0.717) is 5.56 Å². The summed E-state index contributed by atoms with van der Waals surface area (Å²) in [6.45, 7) is 8.17. The first-order valence-electron chi connectivity index (χ1n) is 8.07. The maximum atomic E-state index is 12.9. The molecule has 4 nitrogen and oxygen atoms in total. The Morgan fingerprint density at radius 1 is 1.09 bits per heavy atom. The van der Waals surface area contributed by atoms with E-state index in [1.807, 2.05) is 57.8 Å². The lowest BCUT2D eigenvalue weighted by Crippen LogP contribution is -2.42. The summed E-state index contributed by atoms with van der Waals surface area (Å²) >= 11 is 0. The van der Waals surface area contributed by atoms with Crippen LogP contribution in [0.4, 0.5) is 0 Å². The zero-order chi connectivity index (χ0) is 16.7. The van der Waals surface area contributed by atoms with E-state index in [1.54, 1.807) is 6.20 Å². The van der Waals surface area contributed by atoms with Crippen LogP contribution in [0.2, 0.25) is 0 Å². The molecule has 1 aromatic carbocycles. The molecule has 0 spiro atoms. The van der Waals surface area contributed by atoms with E-state index in [-0.39, 0.29) is 18.0 Å². The van der Waals surface area contributed by atoms with Gasteiger partial charge in [-0.3, -0.25) is 9.78 Å². The molecule has 2 heterocycles. The third kappa shape index (κ3) is 2.48. The van der Waals surface area contributed by atoms with Gasteiger partial charge in [-0.05, 0) is 39.8 Å². The molecule has 0 aliphatic heterocycles. The van der Waals surface area contributed by atoms with Crippen LogP contribution in [-0.4, -0.2) is 32.4 Å². The number of hydrogen-bond acceptors (Lipinski definition) is 2. The van der Waals surface area contributed by atoms with Crippen molar-refractivity contribution in [2.24, 2.45) is 7.05 Å². The largest absolute Gasteiger partial charge is 0.342 e. The minimum absolute atomic E-state index is 0.0367. The van der Waals surface area contributed by atoms with Crippen molar-refractivity contribution >= 4 is 27.8 Å². The maximum Gasteiger partial charge on any atom is 0.255 e. The van der Waals surface area contributed by atoms with Crippen molar-refractivity contribution in [1.29, 1.82) is 0 Å². The van der Waals surface area contributed by atoms with Crippen molar-refractivity contribution in [3.63, 3.8) is 0 Å². The number of amides is 1. The maximum absolute atomic E-state index is 12.9. The Labute approximate surface area is 136 Å². The van der Waals surface area contributed by atoms with Crippen LogP contribution in [0.5, 0.6) is 0 Å². The van der Waals surface area contributed by atoms with Crippen molar-refractivity contribution in [3.8, 4) is 0 Å². The lowest BCUT2D eigenvalue weighted by Gasteiger charge is -2.30. The lowest BCUT2D eigenvalue weighted by molar-refractivity contribution is 0.0643. The van der Waals surface area contributed by atoms with Crippen molar-refractivity contribution in [3.05, 3.63) is 42.1 Å². The Hall–Kier alpha value is -2.36. The normalized spacial score (nSPS) is 11.8. The van der Waals surface area contributed by atoms with Crippen LogP contribution in [0.1, 0.15) is 38.1 Å². The van der Waals surface area contributed by atoms with Gasteiger partial charge in [0, 0.05) is 30.7 Å². The van der Waals surface area contributed by atoms with Crippen LogP contribution in [0.25, 0.3) is 21.9 Å². The van der Waals surface area contributed by atoms with Gasteiger partial charge in [0.25, 0.3) is 5.91 Å². The molecule has 4 heteroatoms. The third-order valence-electron chi connectivity index (χ3n) is 4.34. The van der Waals surface area contributed by atoms with Gasteiger partial charge in [-0.1, -0.05) is 18.2 Å². The van der Waals surface area contributed by atoms with E-state index in [9.17, 15) is 4.79 Å². The molecule has 0 N–H and O–H groups in total. The Kier molecular flexibility index (Phi) is 3.84. The van der Waals surface area contributed by atoms with Gasteiger partial charge >= 0.3 is 0 Å². The molecule has 0 saturated carbocycles. The molecule has 3 aromatic rings. The van der Waals surface area contributed by atoms with Gasteiger partial charge in [0.2, 0.25) is 0 Å². The summed E-state index contributed by atoms with van der Waals surface area (Å²) in [5, 5.41) is 1.12. The molecule has 0 atom stereocenters. The third-order valence-corrected chi connectivity index (χ3v) is 4.34. The molecule has 0 aliphatic carbocycles. The monoisotopic (exact) mass is 309 g/mol. The lowest BCUT2D eigenvalue weighted by atomic mass is 10.1. The van der Waals surface area contributed by atoms with E-state index in [2.05, 4.69) is 21.7 Å². The second-order valence-corrected chi connectivity index (χ2v) is 6.57. The fourth-order valence-corrected chi connectivity index (χ4v) is 3.34. The summed E-state index contributed by atoms with van der Waals surface area (Å²) in [4.78, 5) is 19.4. The number of para-hydroxylation sites is 1. The Morgan fingerprint density at radius 3 is 2.39 bits per heavy atom. The van der Waals surface area contributed by atoms with Gasteiger partial charge in [-0.15, -0.1) is 0 Å². The molecule has 0 unspecified atom stereocenters. The van der Waals surface area contributed by atoms with E-state index < -0.39 is 0 Å². The summed E-state index contributed by atoms with van der Waals surface area (Å²) in [6.07, 6.45) is 1.70. The summed E-state index contributed by atoms with van der Waals surface area (Å²) in [6, 6.07) is 10.5. The van der Waals surface area contributed by atoms with Crippen molar-refractivity contribution in [2.75, 3.05) is 0 Å². The number of nitrogens with zero attached hydrogens (tertiary/aromatic N) is 3. The van der Waals surface area contributed by atoms with Crippen molar-refractivity contribution < 1.29 is 4.79 Å². The van der Waals surface area contributed by atoms with Crippen LogP contribution in [0.15, 0.2) is 36.5 Å². The van der Waals surface area contributed by atoms with Crippen LogP contribution < -0.4 is 0 Å². The predicted octanol–water partition coefficient (Wildman–Crippen LogP) is 3.99. The SMILES string of the molecule is CC(C)N(C(=O)c1cnc2c3ccccc3n(C)c2c1)C(C)C. The van der Waals surface area contributed by atoms with Crippen LogP contribution in [0, 0.1) is 0 Å². The van der Waals surface area contributed by atoms with E-state index in [0.717, 1.165) is 21.9 Å². The Morgan fingerprint density at radius 2 is 1.74 bits per heavy atom. The van der Waals surface area contributed by atoms with Crippen molar-refractivity contribution in [2.45, 2.75) is 39.8 Å². The number of aromatic nitrogens is 2. The first-order chi connectivity index (χ1) is 10.9. The summed E-state index contributed by atoms with van der Waals surface area (Å²) in [5.41, 5.74) is 3.71. The number of fused-ring (bicyclic) bond motifs is 3. The highest BCUT2D eigenvalue weighted by Crippen LogP contribution is 2.27. The Bertz CT molecular complexity index is 869. The highest BCUT2D eigenvalue weighted by molar-refractivity contribution is 6.07. The van der Waals surface area contributed by atoms with E-state index in [4.69, 9.17) is 0 Å². The molecule has 23 heavy (non-hydrogen) atoms. The van der Waals surface area contributed by atoms with Gasteiger partial charge in [-0.2, -0.15) is 0 Å². The molecule has 0 saturated heterocycles. The number of benzene rings is 1. The average molecular weight is 309 g/mol. The number of aryl methyl sites for hydroxylation is 1. The molecule has 0 radical (unpaired) electrons. The summed E-state index contributed by atoms with van der Waals surface area (Å²) in [5.74, 6) is 0.0367. The molecule has 1 amide bonds. The van der Waals surface area contributed by atoms with Crippen molar-refractivity contribution in [1.82, 2.24) is 14.5 Å². The topological polar surface area (TPSA) is 38.1 Å². The molecule has 0 fully saturated rings. The van der Waals surface area contributed by atoms with Gasteiger partial charge in [0.15, 0.2) is 0 Å². The number of rotatable bonds is 3. The van der Waals surface area contributed by atoms with E-state index >= 15 is 0 Å². The molecular weight excluding hydrogens is 286 g/mol. The fraction of sp³-hybridized carbons (Fsp3) is 0.368.